The van der Waals surface area contributed by atoms with Crippen LogP contribution in [0.25, 0.3) is 10.8 Å². The summed E-state index contributed by atoms with van der Waals surface area (Å²) < 4.78 is 5.04. The van der Waals surface area contributed by atoms with Crippen molar-refractivity contribution in [3.8, 4) is 5.75 Å². The van der Waals surface area contributed by atoms with Gasteiger partial charge in [-0.05, 0) is 47.5 Å². The highest BCUT2D eigenvalue weighted by molar-refractivity contribution is 6.30. The average Bonchev–Trinajstić information content (AvgIpc) is 2.65. The number of phenols is 1. The summed E-state index contributed by atoms with van der Waals surface area (Å²) in [6, 6.07) is 17.2. The summed E-state index contributed by atoms with van der Waals surface area (Å²) in [5.41, 5.74) is 0.860. The minimum absolute atomic E-state index is 0.0180. The van der Waals surface area contributed by atoms with Crippen molar-refractivity contribution in [3.05, 3.63) is 76.8 Å². The molecule has 6 heteroatoms. The molecule has 2 N–H and O–H groups in total. The van der Waals surface area contributed by atoms with E-state index < -0.39 is 18.5 Å². The van der Waals surface area contributed by atoms with Gasteiger partial charge in [-0.15, -0.1) is 0 Å². The van der Waals surface area contributed by atoms with Gasteiger partial charge in [0.15, 0.2) is 6.61 Å². The fourth-order valence-corrected chi connectivity index (χ4v) is 2.94. The molecule has 27 heavy (non-hydrogen) atoms. The number of carbonyl (C=O) groups excluding carboxylic acids is 2. The highest BCUT2D eigenvalue weighted by atomic mass is 35.5. The number of phenolic OH excluding ortho intramolecular Hbond substituents is 1. The van der Waals surface area contributed by atoms with E-state index in [1.165, 1.54) is 6.07 Å². The standard InChI is InChI=1S/C21H18ClNO4/c1-13(14-7-4-8-17(22)9-14)23-20(25)12-27-21(26)18-10-15-5-2-3-6-16(15)11-19(18)24/h2-11,13,24H,12H2,1H3,(H,23,25)/t13-/m0/s1. The molecule has 3 aromatic carbocycles. The second kappa shape index (κ2) is 8.10. The lowest BCUT2D eigenvalue weighted by Gasteiger charge is -2.15. The van der Waals surface area contributed by atoms with E-state index in [4.69, 9.17) is 16.3 Å². The molecular formula is C21H18ClNO4. The SMILES string of the molecule is C[C@H](NC(=O)COC(=O)c1cc2ccccc2cc1O)c1cccc(Cl)c1. The zero-order chi connectivity index (χ0) is 19.4. The Morgan fingerprint density at radius 3 is 2.48 bits per heavy atom. The summed E-state index contributed by atoms with van der Waals surface area (Å²) >= 11 is 5.95. The molecular weight excluding hydrogens is 366 g/mol. The minimum Gasteiger partial charge on any atom is -0.507 e. The van der Waals surface area contributed by atoms with Gasteiger partial charge < -0.3 is 15.2 Å². The Morgan fingerprint density at radius 2 is 1.78 bits per heavy atom. The van der Waals surface area contributed by atoms with Crippen LogP contribution in [0.3, 0.4) is 0 Å². The van der Waals surface area contributed by atoms with Crippen LogP contribution in [-0.2, 0) is 9.53 Å². The highest BCUT2D eigenvalue weighted by Gasteiger charge is 2.17. The van der Waals surface area contributed by atoms with E-state index in [0.29, 0.717) is 5.02 Å². The van der Waals surface area contributed by atoms with Crippen LogP contribution >= 0.6 is 11.6 Å². The van der Waals surface area contributed by atoms with Crippen LogP contribution in [0.5, 0.6) is 5.75 Å². The normalized spacial score (nSPS) is 11.8. The van der Waals surface area contributed by atoms with Gasteiger partial charge in [-0.25, -0.2) is 4.79 Å². The smallest absolute Gasteiger partial charge is 0.342 e. The van der Waals surface area contributed by atoms with Crippen molar-refractivity contribution in [1.29, 1.82) is 0 Å². The number of aromatic hydroxyl groups is 1. The van der Waals surface area contributed by atoms with Gasteiger partial charge >= 0.3 is 5.97 Å². The Labute approximate surface area is 161 Å². The van der Waals surface area contributed by atoms with E-state index in [0.717, 1.165) is 16.3 Å². The summed E-state index contributed by atoms with van der Waals surface area (Å²) in [6.07, 6.45) is 0. The number of ether oxygens (including phenoxy) is 1. The van der Waals surface area contributed by atoms with Gasteiger partial charge in [-0.3, -0.25) is 4.79 Å². The molecule has 0 fully saturated rings. The molecule has 0 aliphatic rings. The number of hydrogen-bond donors (Lipinski definition) is 2. The molecule has 0 saturated carbocycles. The van der Waals surface area contributed by atoms with Crippen LogP contribution in [0.15, 0.2) is 60.7 Å². The Kier molecular flexibility index (Phi) is 5.62. The van der Waals surface area contributed by atoms with Crippen molar-refractivity contribution in [2.75, 3.05) is 6.61 Å². The fraction of sp³-hybridized carbons (Fsp3) is 0.143. The van der Waals surface area contributed by atoms with Gasteiger partial charge in [-0.1, -0.05) is 48.0 Å². The molecule has 3 rings (SSSR count). The van der Waals surface area contributed by atoms with Crippen LogP contribution < -0.4 is 5.32 Å². The van der Waals surface area contributed by atoms with Gasteiger partial charge in [0.25, 0.3) is 5.91 Å². The molecule has 0 saturated heterocycles. The summed E-state index contributed by atoms with van der Waals surface area (Å²) in [6.45, 7) is 1.36. The molecule has 0 unspecified atom stereocenters. The lowest BCUT2D eigenvalue weighted by Crippen LogP contribution is -2.31. The monoisotopic (exact) mass is 383 g/mol. The molecule has 138 valence electrons. The van der Waals surface area contributed by atoms with Crippen LogP contribution in [0.4, 0.5) is 0 Å². The summed E-state index contributed by atoms with van der Waals surface area (Å²) in [4.78, 5) is 24.3. The molecule has 0 heterocycles. The lowest BCUT2D eigenvalue weighted by atomic mass is 10.1. The number of benzene rings is 3. The van der Waals surface area contributed by atoms with Gasteiger partial charge in [0.2, 0.25) is 0 Å². The third kappa shape index (κ3) is 4.57. The van der Waals surface area contributed by atoms with Crippen molar-refractivity contribution in [3.63, 3.8) is 0 Å². The third-order valence-electron chi connectivity index (χ3n) is 4.14. The Bertz CT molecular complexity index is 1000. The fourth-order valence-electron chi connectivity index (χ4n) is 2.74. The van der Waals surface area contributed by atoms with Crippen molar-refractivity contribution in [1.82, 2.24) is 5.32 Å². The van der Waals surface area contributed by atoms with E-state index in [1.54, 1.807) is 31.2 Å². The lowest BCUT2D eigenvalue weighted by molar-refractivity contribution is -0.124. The number of hydrogen-bond acceptors (Lipinski definition) is 4. The first-order chi connectivity index (χ1) is 12.9. The topological polar surface area (TPSA) is 75.6 Å². The Hall–Kier alpha value is -3.05. The first kappa shape index (κ1) is 18.7. The number of halogens is 1. The first-order valence-electron chi connectivity index (χ1n) is 8.38. The highest BCUT2D eigenvalue weighted by Crippen LogP contribution is 2.25. The largest absolute Gasteiger partial charge is 0.507 e. The summed E-state index contributed by atoms with van der Waals surface area (Å²) in [5, 5.41) is 15.0. The number of rotatable bonds is 5. The van der Waals surface area contributed by atoms with Crippen molar-refractivity contribution >= 4 is 34.2 Å². The van der Waals surface area contributed by atoms with Gasteiger partial charge in [0.05, 0.1) is 6.04 Å². The molecule has 5 nitrogen and oxygen atoms in total. The zero-order valence-corrected chi connectivity index (χ0v) is 15.4. The van der Waals surface area contributed by atoms with Gasteiger partial charge in [0, 0.05) is 5.02 Å². The molecule has 0 aromatic heterocycles. The quantitative estimate of drug-likeness (QED) is 0.646. The number of fused-ring (bicyclic) bond motifs is 1. The van der Waals surface area contributed by atoms with E-state index in [-0.39, 0.29) is 17.4 Å². The predicted octanol–water partition coefficient (Wildman–Crippen LogP) is 4.23. The molecule has 3 aromatic rings. The molecule has 0 spiro atoms. The maximum Gasteiger partial charge on any atom is 0.342 e. The summed E-state index contributed by atoms with van der Waals surface area (Å²) in [5.74, 6) is -1.40. The van der Waals surface area contributed by atoms with Crippen LogP contribution in [0, 0.1) is 0 Å². The maximum absolute atomic E-state index is 12.2. The predicted molar refractivity (Wildman–Crippen MR) is 104 cm³/mol. The maximum atomic E-state index is 12.2. The molecule has 1 atom stereocenters. The minimum atomic E-state index is -0.760. The first-order valence-corrected chi connectivity index (χ1v) is 8.75. The summed E-state index contributed by atoms with van der Waals surface area (Å²) in [7, 11) is 0. The second-order valence-electron chi connectivity index (χ2n) is 6.14. The van der Waals surface area contributed by atoms with Crippen molar-refractivity contribution in [2.24, 2.45) is 0 Å². The van der Waals surface area contributed by atoms with Crippen molar-refractivity contribution in [2.45, 2.75) is 13.0 Å². The van der Waals surface area contributed by atoms with E-state index in [2.05, 4.69) is 5.32 Å². The van der Waals surface area contributed by atoms with Crippen molar-refractivity contribution < 1.29 is 19.4 Å². The molecule has 1 amide bonds. The molecule has 0 aliphatic carbocycles. The van der Waals surface area contributed by atoms with Crippen LogP contribution in [-0.4, -0.2) is 23.6 Å². The number of amides is 1. The van der Waals surface area contributed by atoms with Crippen LogP contribution in [0.2, 0.25) is 5.02 Å². The zero-order valence-electron chi connectivity index (χ0n) is 14.6. The van der Waals surface area contributed by atoms with Crippen LogP contribution in [0.1, 0.15) is 28.9 Å². The second-order valence-corrected chi connectivity index (χ2v) is 6.57. The van der Waals surface area contributed by atoms with Gasteiger partial charge in [-0.2, -0.15) is 0 Å². The Balaban J connectivity index is 1.62. The number of nitrogens with one attached hydrogen (secondary N) is 1. The van der Waals surface area contributed by atoms with E-state index in [1.807, 2.05) is 30.3 Å². The number of esters is 1. The van der Waals surface area contributed by atoms with E-state index >= 15 is 0 Å². The van der Waals surface area contributed by atoms with Gasteiger partial charge in [0.1, 0.15) is 11.3 Å². The third-order valence-corrected chi connectivity index (χ3v) is 4.38. The average molecular weight is 384 g/mol. The van der Waals surface area contributed by atoms with E-state index in [9.17, 15) is 14.7 Å². The Morgan fingerprint density at radius 1 is 1.07 bits per heavy atom. The number of carbonyl (C=O) groups is 2. The molecule has 0 aliphatic heterocycles. The molecule has 0 radical (unpaired) electrons. The molecule has 0 bridgehead atoms.